The fourth-order valence-electron chi connectivity index (χ4n) is 1.56. The van der Waals surface area contributed by atoms with Crippen LogP contribution in [0.25, 0.3) is 0 Å². The second-order valence-corrected chi connectivity index (χ2v) is 5.64. The summed E-state index contributed by atoms with van der Waals surface area (Å²) in [4.78, 5) is 6.24. The predicted molar refractivity (Wildman–Crippen MR) is 69.7 cm³/mol. The van der Waals surface area contributed by atoms with Crippen LogP contribution in [-0.2, 0) is 10.0 Å². The van der Waals surface area contributed by atoms with Crippen molar-refractivity contribution in [1.82, 2.24) is 9.97 Å². The first-order valence-electron chi connectivity index (χ1n) is 5.28. The minimum atomic E-state index is -3.65. The number of nitrogens with zero attached hydrogens (tertiary/aromatic N) is 1. The average molecular weight is 266 g/mol. The molecule has 0 aliphatic heterocycles. The average Bonchev–Trinajstić information content (AvgIpc) is 2.84. The summed E-state index contributed by atoms with van der Waals surface area (Å²) < 4.78 is 26.5. The van der Waals surface area contributed by atoms with E-state index in [0.717, 1.165) is 5.56 Å². The first kappa shape index (κ1) is 12.4. The highest BCUT2D eigenvalue weighted by Crippen LogP contribution is 2.26. The van der Waals surface area contributed by atoms with Crippen LogP contribution in [-0.4, -0.2) is 18.4 Å². The number of H-pyrrole nitrogens is 1. The second-order valence-electron chi connectivity index (χ2n) is 3.99. The Morgan fingerprint density at radius 1 is 1.33 bits per heavy atom. The lowest BCUT2D eigenvalue weighted by molar-refractivity contribution is 0.598. The fraction of sp³-hybridized carbons (Fsp3) is 0.182. The molecule has 0 amide bonds. The highest BCUT2D eigenvalue weighted by Gasteiger charge is 2.17. The first-order valence-corrected chi connectivity index (χ1v) is 6.77. The quantitative estimate of drug-likeness (QED) is 0.731. The van der Waals surface area contributed by atoms with E-state index in [2.05, 4.69) is 14.7 Å². The summed E-state index contributed by atoms with van der Waals surface area (Å²) in [6, 6.07) is 3.46. The summed E-state index contributed by atoms with van der Waals surface area (Å²) in [5.74, 6) is 0. The Hall–Kier alpha value is -2.02. The summed E-state index contributed by atoms with van der Waals surface area (Å²) in [5, 5.41) is 0.0149. The number of nitrogens with two attached hydrogens (primary N) is 1. The number of aryl methyl sites for hydroxylation is 1. The summed E-state index contributed by atoms with van der Waals surface area (Å²) >= 11 is 0. The molecule has 0 aliphatic rings. The zero-order valence-electron chi connectivity index (χ0n) is 10.1. The van der Waals surface area contributed by atoms with Crippen LogP contribution in [0.15, 0.2) is 29.7 Å². The normalized spacial score (nSPS) is 11.4. The van der Waals surface area contributed by atoms with E-state index in [1.165, 1.54) is 12.5 Å². The van der Waals surface area contributed by atoms with Crippen LogP contribution in [0.5, 0.6) is 0 Å². The van der Waals surface area contributed by atoms with Crippen molar-refractivity contribution in [2.75, 3.05) is 10.5 Å². The van der Waals surface area contributed by atoms with Crippen LogP contribution in [0.4, 0.5) is 11.4 Å². The van der Waals surface area contributed by atoms with Gasteiger partial charge in [-0.1, -0.05) is 6.07 Å². The van der Waals surface area contributed by atoms with Crippen LogP contribution in [0.2, 0.25) is 0 Å². The largest absolute Gasteiger partial charge is 0.398 e. The van der Waals surface area contributed by atoms with Crippen molar-refractivity contribution >= 4 is 21.4 Å². The molecule has 2 aromatic rings. The van der Waals surface area contributed by atoms with Crippen molar-refractivity contribution in [2.24, 2.45) is 0 Å². The number of sulfonamides is 1. The van der Waals surface area contributed by atoms with Gasteiger partial charge < -0.3 is 10.7 Å². The Kier molecular flexibility index (Phi) is 3.00. The molecule has 1 aromatic carbocycles. The Labute approximate surface area is 105 Å². The third-order valence-corrected chi connectivity index (χ3v) is 4.03. The van der Waals surface area contributed by atoms with Crippen LogP contribution < -0.4 is 10.5 Å². The maximum absolute atomic E-state index is 12.0. The van der Waals surface area contributed by atoms with E-state index in [0.29, 0.717) is 16.9 Å². The number of hydrogen-bond acceptors (Lipinski definition) is 4. The molecule has 96 valence electrons. The van der Waals surface area contributed by atoms with Gasteiger partial charge in [0.15, 0.2) is 5.03 Å². The van der Waals surface area contributed by atoms with Gasteiger partial charge in [0.2, 0.25) is 0 Å². The van der Waals surface area contributed by atoms with Crippen LogP contribution in [0, 0.1) is 13.8 Å². The van der Waals surface area contributed by atoms with Gasteiger partial charge in [0.05, 0.1) is 18.2 Å². The molecule has 0 spiro atoms. The van der Waals surface area contributed by atoms with Gasteiger partial charge in [-0.25, -0.2) is 4.98 Å². The molecule has 6 nitrogen and oxygen atoms in total. The van der Waals surface area contributed by atoms with Crippen LogP contribution in [0.1, 0.15) is 11.1 Å². The highest BCUT2D eigenvalue weighted by atomic mass is 32.2. The fourth-order valence-corrected chi connectivity index (χ4v) is 2.59. The van der Waals surface area contributed by atoms with E-state index >= 15 is 0 Å². The Morgan fingerprint density at radius 2 is 2.06 bits per heavy atom. The molecule has 0 fully saturated rings. The van der Waals surface area contributed by atoms with Crippen LogP contribution >= 0.6 is 0 Å². The molecule has 1 heterocycles. The smallest absolute Gasteiger partial charge is 0.278 e. The number of rotatable bonds is 3. The number of hydrogen-bond donors (Lipinski definition) is 3. The molecule has 0 aliphatic carbocycles. The SMILES string of the molecule is Cc1ccc(NS(=O)(=O)c2cnc[nH]2)c(C)c1N. The van der Waals surface area contributed by atoms with Crippen molar-refractivity contribution in [3.63, 3.8) is 0 Å². The van der Waals surface area contributed by atoms with Crippen molar-refractivity contribution in [1.29, 1.82) is 0 Å². The van der Waals surface area contributed by atoms with Gasteiger partial charge in [0.1, 0.15) is 0 Å². The number of nitrogens with one attached hydrogen (secondary N) is 2. The minimum Gasteiger partial charge on any atom is -0.398 e. The zero-order chi connectivity index (χ0) is 13.3. The van der Waals surface area contributed by atoms with E-state index < -0.39 is 10.0 Å². The lowest BCUT2D eigenvalue weighted by Gasteiger charge is -2.12. The number of imidazole rings is 1. The van der Waals surface area contributed by atoms with Crippen LogP contribution in [0.3, 0.4) is 0 Å². The van der Waals surface area contributed by atoms with Crippen molar-refractivity contribution in [3.8, 4) is 0 Å². The van der Waals surface area contributed by atoms with E-state index in [1.807, 2.05) is 6.92 Å². The third kappa shape index (κ3) is 2.17. The standard InChI is InChI=1S/C11H14N4O2S/c1-7-3-4-9(8(2)11(7)12)15-18(16,17)10-5-13-6-14-10/h3-6,15H,12H2,1-2H3,(H,13,14). The lowest BCUT2D eigenvalue weighted by atomic mass is 10.1. The predicted octanol–water partition coefficient (Wildman–Crippen LogP) is 1.41. The van der Waals surface area contributed by atoms with Gasteiger partial charge in [-0.3, -0.25) is 4.72 Å². The first-order chi connectivity index (χ1) is 8.42. The molecular formula is C11H14N4O2S. The van der Waals surface area contributed by atoms with Crippen molar-refractivity contribution in [2.45, 2.75) is 18.9 Å². The lowest BCUT2D eigenvalue weighted by Crippen LogP contribution is -2.14. The number of anilines is 2. The number of aromatic nitrogens is 2. The number of nitrogen functional groups attached to an aromatic ring is 1. The van der Waals surface area contributed by atoms with E-state index in [9.17, 15) is 8.42 Å². The second kappa shape index (κ2) is 4.34. The Bertz CT molecular complexity index is 663. The molecule has 7 heteroatoms. The molecule has 0 radical (unpaired) electrons. The monoisotopic (exact) mass is 266 g/mol. The molecule has 4 N–H and O–H groups in total. The molecule has 1 aromatic heterocycles. The zero-order valence-corrected chi connectivity index (χ0v) is 10.9. The molecule has 0 saturated heterocycles. The summed E-state index contributed by atoms with van der Waals surface area (Å²) in [6.45, 7) is 3.64. The van der Waals surface area contributed by atoms with Gasteiger partial charge in [0.25, 0.3) is 10.0 Å². The molecule has 0 atom stereocenters. The Morgan fingerprint density at radius 3 is 2.67 bits per heavy atom. The summed E-state index contributed by atoms with van der Waals surface area (Å²) in [7, 11) is -3.65. The van der Waals surface area contributed by atoms with E-state index in [1.54, 1.807) is 19.1 Å². The molecule has 18 heavy (non-hydrogen) atoms. The third-order valence-electron chi connectivity index (χ3n) is 2.74. The van der Waals surface area contributed by atoms with Gasteiger partial charge >= 0.3 is 0 Å². The molecule has 0 bridgehead atoms. The van der Waals surface area contributed by atoms with E-state index in [4.69, 9.17) is 5.73 Å². The van der Waals surface area contributed by atoms with Gasteiger partial charge in [-0.15, -0.1) is 0 Å². The van der Waals surface area contributed by atoms with Gasteiger partial charge in [0, 0.05) is 5.69 Å². The van der Waals surface area contributed by atoms with E-state index in [-0.39, 0.29) is 5.03 Å². The molecule has 2 rings (SSSR count). The van der Waals surface area contributed by atoms with Crippen molar-refractivity contribution < 1.29 is 8.42 Å². The van der Waals surface area contributed by atoms with Crippen molar-refractivity contribution in [3.05, 3.63) is 35.8 Å². The summed E-state index contributed by atoms with van der Waals surface area (Å²) in [6.07, 6.45) is 2.56. The maximum Gasteiger partial charge on any atom is 0.278 e. The Balaban J connectivity index is 2.39. The number of benzene rings is 1. The van der Waals surface area contributed by atoms with Gasteiger partial charge in [-0.05, 0) is 31.0 Å². The maximum atomic E-state index is 12.0. The molecule has 0 saturated carbocycles. The molecule has 0 unspecified atom stereocenters. The summed E-state index contributed by atoms with van der Waals surface area (Å²) in [5.41, 5.74) is 8.53. The minimum absolute atomic E-state index is 0.0149. The molecular weight excluding hydrogens is 252 g/mol. The highest BCUT2D eigenvalue weighted by molar-refractivity contribution is 7.92. The topological polar surface area (TPSA) is 101 Å². The number of aromatic amines is 1. The van der Waals surface area contributed by atoms with Gasteiger partial charge in [-0.2, -0.15) is 8.42 Å².